The highest BCUT2D eigenvalue weighted by molar-refractivity contribution is 7.12. The van der Waals surface area contributed by atoms with Gasteiger partial charge in [-0.3, -0.25) is 9.59 Å². The first-order valence-electron chi connectivity index (χ1n) is 9.35. The molecule has 0 saturated heterocycles. The van der Waals surface area contributed by atoms with E-state index < -0.39 is 12.0 Å². The number of rotatable bonds is 7. The van der Waals surface area contributed by atoms with Gasteiger partial charge in [0.1, 0.15) is 5.69 Å². The lowest BCUT2D eigenvalue weighted by Gasteiger charge is -2.32. The minimum Gasteiger partial charge on any atom is -0.464 e. The van der Waals surface area contributed by atoms with Crippen LogP contribution in [0.5, 0.6) is 0 Å². The van der Waals surface area contributed by atoms with Crippen LogP contribution in [0.3, 0.4) is 0 Å². The first-order valence-corrected chi connectivity index (χ1v) is 10.2. The summed E-state index contributed by atoms with van der Waals surface area (Å²) in [4.78, 5) is 40.9. The summed E-state index contributed by atoms with van der Waals surface area (Å²) in [5.74, 6) is -0.806. The van der Waals surface area contributed by atoms with Crippen LogP contribution < -0.4 is 0 Å². The quantitative estimate of drug-likeness (QED) is 0.515. The van der Waals surface area contributed by atoms with Crippen molar-refractivity contribution in [3.8, 4) is 0 Å². The third-order valence-electron chi connectivity index (χ3n) is 5.03. The van der Waals surface area contributed by atoms with Gasteiger partial charge < -0.3 is 14.2 Å². The Hall–Kier alpha value is -2.41. The Morgan fingerprint density at radius 3 is 2.32 bits per heavy atom. The Morgan fingerprint density at radius 2 is 1.86 bits per heavy atom. The van der Waals surface area contributed by atoms with Crippen LogP contribution in [0.25, 0.3) is 0 Å². The SMILES string of the molecule is CCn1c(C)c(C(=O)C(C)N(C(=O)c2cccs2)C(C)C)c(C)c1C(=O)OC. The third kappa shape index (κ3) is 3.76. The number of hydrogen-bond donors (Lipinski definition) is 0. The maximum absolute atomic E-state index is 13.4. The molecule has 2 aromatic rings. The van der Waals surface area contributed by atoms with Crippen LogP contribution in [0.2, 0.25) is 0 Å². The molecule has 0 aromatic carbocycles. The van der Waals surface area contributed by atoms with Crippen LogP contribution in [-0.4, -0.2) is 46.3 Å². The van der Waals surface area contributed by atoms with E-state index in [4.69, 9.17) is 4.74 Å². The molecule has 0 aliphatic heterocycles. The van der Waals surface area contributed by atoms with Gasteiger partial charge in [0.15, 0.2) is 5.78 Å². The number of hydrogen-bond acceptors (Lipinski definition) is 5. The Balaban J connectivity index is 2.50. The molecule has 0 fully saturated rings. The number of thiophene rings is 1. The smallest absolute Gasteiger partial charge is 0.354 e. The molecule has 0 saturated carbocycles. The highest BCUT2D eigenvalue weighted by Crippen LogP contribution is 2.27. The summed E-state index contributed by atoms with van der Waals surface area (Å²) in [6.07, 6.45) is 0. The molecule has 7 heteroatoms. The second-order valence-corrected chi connectivity index (χ2v) is 7.94. The first-order chi connectivity index (χ1) is 13.2. The van der Waals surface area contributed by atoms with Crippen molar-refractivity contribution in [2.45, 2.75) is 60.2 Å². The van der Waals surface area contributed by atoms with Gasteiger partial charge >= 0.3 is 5.97 Å². The molecule has 1 amide bonds. The molecule has 0 aliphatic rings. The lowest BCUT2D eigenvalue weighted by atomic mass is 9.99. The first kappa shape index (κ1) is 21.9. The molecule has 2 heterocycles. The lowest BCUT2D eigenvalue weighted by Crippen LogP contribution is -2.47. The normalized spacial score (nSPS) is 12.1. The molecular formula is C21H28N2O4S. The van der Waals surface area contributed by atoms with E-state index in [0.29, 0.717) is 33.9 Å². The van der Waals surface area contributed by atoms with Crippen LogP contribution in [0, 0.1) is 13.8 Å². The number of esters is 1. The Kier molecular flexibility index (Phi) is 6.82. The molecule has 0 N–H and O–H groups in total. The maximum Gasteiger partial charge on any atom is 0.354 e. The summed E-state index contributed by atoms with van der Waals surface area (Å²) < 4.78 is 6.70. The van der Waals surface area contributed by atoms with Crippen LogP contribution in [0.1, 0.15) is 69.5 Å². The molecule has 0 radical (unpaired) electrons. The van der Waals surface area contributed by atoms with Crippen molar-refractivity contribution in [3.63, 3.8) is 0 Å². The average Bonchev–Trinajstić information content (AvgIpc) is 3.26. The van der Waals surface area contributed by atoms with Crippen LogP contribution in [0.15, 0.2) is 17.5 Å². The van der Waals surface area contributed by atoms with Crippen LogP contribution in [-0.2, 0) is 11.3 Å². The van der Waals surface area contributed by atoms with E-state index in [0.717, 1.165) is 0 Å². The number of Topliss-reactive ketones (excluding diaryl/α,β-unsaturated/α-hetero) is 1. The molecule has 152 valence electrons. The standard InChI is InChI=1S/C21H28N2O4S/c1-8-22-14(5)17(13(4)18(22)21(26)27-7)19(24)15(6)23(12(2)3)20(25)16-10-9-11-28-16/h9-12,15H,8H2,1-7H3. The predicted octanol–water partition coefficient (Wildman–Crippen LogP) is 4.09. The van der Waals surface area contributed by atoms with E-state index in [9.17, 15) is 14.4 Å². The molecular weight excluding hydrogens is 376 g/mol. The molecule has 2 aromatic heterocycles. The van der Waals surface area contributed by atoms with Gasteiger partial charge in [-0.1, -0.05) is 6.07 Å². The number of carbonyl (C=O) groups is 3. The maximum atomic E-state index is 13.4. The zero-order valence-corrected chi connectivity index (χ0v) is 18.3. The summed E-state index contributed by atoms with van der Waals surface area (Å²) in [6, 6.07) is 2.77. The fraction of sp³-hybridized carbons (Fsp3) is 0.476. The molecule has 2 rings (SSSR count). The fourth-order valence-electron chi connectivity index (χ4n) is 3.73. The highest BCUT2D eigenvalue weighted by atomic mass is 32.1. The Bertz CT molecular complexity index is 881. The summed E-state index contributed by atoms with van der Waals surface area (Å²) in [5.41, 5.74) is 2.18. The van der Waals surface area contributed by atoms with Gasteiger partial charge in [-0.15, -0.1) is 11.3 Å². The molecule has 28 heavy (non-hydrogen) atoms. The van der Waals surface area contributed by atoms with Gasteiger partial charge in [0.05, 0.1) is 18.0 Å². The van der Waals surface area contributed by atoms with E-state index in [-0.39, 0.29) is 17.7 Å². The van der Waals surface area contributed by atoms with Crippen molar-refractivity contribution >= 4 is 29.0 Å². The highest BCUT2D eigenvalue weighted by Gasteiger charge is 2.34. The zero-order chi connectivity index (χ0) is 21.2. The predicted molar refractivity (Wildman–Crippen MR) is 110 cm³/mol. The summed E-state index contributed by atoms with van der Waals surface area (Å²) in [5, 5.41) is 1.84. The lowest BCUT2D eigenvalue weighted by molar-refractivity contribution is 0.0568. The van der Waals surface area contributed by atoms with Crippen LogP contribution >= 0.6 is 11.3 Å². The topological polar surface area (TPSA) is 68.6 Å². The number of methoxy groups -OCH3 is 1. The molecule has 1 unspecified atom stereocenters. The van der Waals surface area contributed by atoms with Crippen molar-refractivity contribution in [3.05, 3.63) is 44.9 Å². The summed E-state index contributed by atoms with van der Waals surface area (Å²) in [6.45, 7) is 11.6. The van der Waals surface area contributed by atoms with Crippen molar-refractivity contribution in [1.29, 1.82) is 0 Å². The van der Waals surface area contributed by atoms with E-state index in [1.807, 2.05) is 39.1 Å². The van der Waals surface area contributed by atoms with Gasteiger partial charge in [0, 0.05) is 23.8 Å². The van der Waals surface area contributed by atoms with Gasteiger partial charge in [0.2, 0.25) is 0 Å². The number of aromatic nitrogens is 1. The monoisotopic (exact) mass is 404 g/mol. The molecule has 0 bridgehead atoms. The van der Waals surface area contributed by atoms with E-state index in [2.05, 4.69) is 0 Å². The second-order valence-electron chi connectivity index (χ2n) is 6.99. The van der Waals surface area contributed by atoms with E-state index in [1.165, 1.54) is 18.4 Å². The largest absolute Gasteiger partial charge is 0.464 e. The molecule has 1 atom stereocenters. The van der Waals surface area contributed by atoms with Crippen LogP contribution in [0.4, 0.5) is 0 Å². The van der Waals surface area contributed by atoms with E-state index >= 15 is 0 Å². The van der Waals surface area contributed by atoms with Crippen molar-refractivity contribution < 1.29 is 19.1 Å². The summed E-state index contributed by atoms with van der Waals surface area (Å²) in [7, 11) is 1.33. The van der Waals surface area contributed by atoms with Crippen molar-refractivity contribution in [1.82, 2.24) is 9.47 Å². The Morgan fingerprint density at radius 1 is 1.21 bits per heavy atom. The average molecular weight is 405 g/mol. The number of amides is 1. The van der Waals surface area contributed by atoms with Gasteiger partial charge in [-0.2, -0.15) is 0 Å². The van der Waals surface area contributed by atoms with Gasteiger partial charge in [-0.05, 0) is 58.6 Å². The summed E-state index contributed by atoms with van der Waals surface area (Å²) >= 11 is 1.36. The minimum absolute atomic E-state index is 0.150. The fourth-order valence-corrected chi connectivity index (χ4v) is 4.40. The molecule has 0 aliphatic carbocycles. The Labute approximate surface area is 170 Å². The minimum atomic E-state index is -0.662. The molecule has 0 spiro atoms. The number of ketones is 1. The van der Waals surface area contributed by atoms with Gasteiger partial charge in [0.25, 0.3) is 5.91 Å². The van der Waals surface area contributed by atoms with Gasteiger partial charge in [-0.25, -0.2) is 4.79 Å². The third-order valence-corrected chi connectivity index (χ3v) is 5.89. The number of nitrogens with zero attached hydrogens (tertiary/aromatic N) is 2. The second kappa shape index (κ2) is 8.73. The van der Waals surface area contributed by atoms with Crippen molar-refractivity contribution in [2.75, 3.05) is 7.11 Å². The number of ether oxygens (including phenoxy) is 1. The zero-order valence-electron chi connectivity index (χ0n) is 17.5. The molecule has 6 nitrogen and oxygen atoms in total. The number of carbonyl (C=O) groups excluding carboxylic acids is 3. The van der Waals surface area contributed by atoms with Crippen molar-refractivity contribution in [2.24, 2.45) is 0 Å². The van der Waals surface area contributed by atoms with E-state index in [1.54, 1.807) is 29.4 Å².